The minimum atomic E-state index is -1.09. The first-order chi connectivity index (χ1) is 8.19. The van der Waals surface area contributed by atoms with Crippen LogP contribution in [0.4, 0.5) is 5.82 Å². The molecule has 0 radical (unpaired) electrons. The lowest BCUT2D eigenvalue weighted by Gasteiger charge is -2.21. The van der Waals surface area contributed by atoms with Gasteiger partial charge in [-0.3, -0.25) is 4.98 Å². The van der Waals surface area contributed by atoms with Crippen LogP contribution in [0.25, 0.3) is 0 Å². The van der Waals surface area contributed by atoms with E-state index in [1.807, 2.05) is 4.90 Å². The van der Waals surface area contributed by atoms with E-state index in [0.717, 1.165) is 0 Å². The number of carboxylic acid groups (broad SMARTS) is 1. The third-order valence-electron chi connectivity index (χ3n) is 2.08. The lowest BCUT2D eigenvalue weighted by molar-refractivity contribution is 0.0690. The smallest absolute Gasteiger partial charge is 0.356 e. The third-order valence-corrected chi connectivity index (χ3v) is 2.08. The minimum absolute atomic E-state index is 0.0750. The number of anilines is 1. The Morgan fingerprint density at radius 1 is 1.65 bits per heavy atom. The zero-order valence-electron chi connectivity index (χ0n) is 9.67. The van der Waals surface area contributed by atoms with Gasteiger partial charge in [-0.25, -0.2) is 9.78 Å². The van der Waals surface area contributed by atoms with Crippen LogP contribution in [0.3, 0.4) is 0 Å². The van der Waals surface area contributed by atoms with Gasteiger partial charge in [0.2, 0.25) is 0 Å². The van der Waals surface area contributed by atoms with Gasteiger partial charge in [0.05, 0.1) is 19.0 Å². The number of carboxylic acids is 1. The van der Waals surface area contributed by atoms with Gasteiger partial charge in [0, 0.05) is 20.2 Å². The number of rotatable bonds is 7. The van der Waals surface area contributed by atoms with E-state index < -0.39 is 5.97 Å². The average molecular weight is 237 g/mol. The highest BCUT2D eigenvalue weighted by atomic mass is 16.5. The molecule has 0 saturated carbocycles. The quantitative estimate of drug-likeness (QED) is 0.707. The SMILES string of the molecule is C=CCN(CCOC)c1cncc(C(=O)O)n1. The minimum Gasteiger partial charge on any atom is -0.476 e. The topological polar surface area (TPSA) is 75.5 Å². The maximum atomic E-state index is 10.8. The molecule has 0 amide bonds. The maximum Gasteiger partial charge on any atom is 0.356 e. The molecule has 0 aromatic carbocycles. The largest absolute Gasteiger partial charge is 0.476 e. The van der Waals surface area contributed by atoms with E-state index in [4.69, 9.17) is 9.84 Å². The predicted molar refractivity (Wildman–Crippen MR) is 63.3 cm³/mol. The fourth-order valence-electron chi connectivity index (χ4n) is 1.27. The molecule has 17 heavy (non-hydrogen) atoms. The van der Waals surface area contributed by atoms with E-state index in [1.54, 1.807) is 13.2 Å². The van der Waals surface area contributed by atoms with Crippen molar-refractivity contribution in [2.24, 2.45) is 0 Å². The Bertz CT molecular complexity index is 395. The second-order valence-electron chi connectivity index (χ2n) is 3.30. The van der Waals surface area contributed by atoms with Crippen LogP contribution in [-0.2, 0) is 4.74 Å². The number of nitrogens with zero attached hydrogens (tertiary/aromatic N) is 3. The normalized spacial score (nSPS) is 9.94. The Morgan fingerprint density at radius 3 is 3.00 bits per heavy atom. The van der Waals surface area contributed by atoms with Crippen molar-refractivity contribution in [2.45, 2.75) is 0 Å². The van der Waals surface area contributed by atoms with E-state index >= 15 is 0 Å². The van der Waals surface area contributed by atoms with Gasteiger partial charge in [0.1, 0.15) is 5.82 Å². The summed E-state index contributed by atoms with van der Waals surface area (Å²) in [5.74, 6) is -0.591. The highest BCUT2D eigenvalue weighted by Crippen LogP contribution is 2.09. The highest BCUT2D eigenvalue weighted by molar-refractivity contribution is 5.85. The van der Waals surface area contributed by atoms with Gasteiger partial charge in [-0.1, -0.05) is 6.08 Å². The molecule has 1 heterocycles. The molecular formula is C11H15N3O3. The van der Waals surface area contributed by atoms with E-state index in [2.05, 4.69) is 16.5 Å². The maximum absolute atomic E-state index is 10.8. The van der Waals surface area contributed by atoms with Crippen molar-refractivity contribution >= 4 is 11.8 Å². The molecule has 6 heteroatoms. The van der Waals surface area contributed by atoms with Gasteiger partial charge in [0.25, 0.3) is 0 Å². The van der Waals surface area contributed by atoms with Crippen LogP contribution in [0.1, 0.15) is 10.5 Å². The number of methoxy groups -OCH3 is 1. The summed E-state index contributed by atoms with van der Waals surface area (Å²) in [6, 6.07) is 0. The molecule has 0 saturated heterocycles. The van der Waals surface area contributed by atoms with Crippen molar-refractivity contribution in [3.8, 4) is 0 Å². The summed E-state index contributed by atoms with van der Waals surface area (Å²) >= 11 is 0. The molecule has 0 aliphatic rings. The second kappa shape index (κ2) is 6.59. The van der Waals surface area contributed by atoms with Gasteiger partial charge < -0.3 is 14.7 Å². The summed E-state index contributed by atoms with van der Waals surface area (Å²) in [7, 11) is 1.60. The summed E-state index contributed by atoms with van der Waals surface area (Å²) in [6.07, 6.45) is 4.45. The lowest BCUT2D eigenvalue weighted by atomic mass is 10.4. The predicted octanol–water partition coefficient (Wildman–Crippen LogP) is 0.814. The summed E-state index contributed by atoms with van der Waals surface area (Å²) < 4.78 is 4.98. The molecule has 1 rings (SSSR count). The summed E-state index contributed by atoms with van der Waals surface area (Å²) in [5, 5.41) is 8.83. The highest BCUT2D eigenvalue weighted by Gasteiger charge is 2.10. The Kier molecular flexibility index (Phi) is 5.09. The van der Waals surface area contributed by atoms with Crippen molar-refractivity contribution in [2.75, 3.05) is 31.7 Å². The van der Waals surface area contributed by atoms with Gasteiger partial charge in [0.15, 0.2) is 5.69 Å². The number of hydrogen-bond donors (Lipinski definition) is 1. The molecule has 0 aliphatic carbocycles. The molecular weight excluding hydrogens is 222 g/mol. The van der Waals surface area contributed by atoms with Crippen molar-refractivity contribution in [1.29, 1.82) is 0 Å². The standard InChI is InChI=1S/C11H15N3O3/c1-3-4-14(5-6-17-2)10-8-12-7-9(13-10)11(15)16/h3,7-8H,1,4-6H2,2H3,(H,15,16). The Balaban J connectivity index is 2.88. The van der Waals surface area contributed by atoms with Crippen LogP contribution in [0.2, 0.25) is 0 Å². The summed E-state index contributed by atoms with van der Waals surface area (Å²) in [5.41, 5.74) is -0.0750. The number of aromatic carboxylic acids is 1. The van der Waals surface area contributed by atoms with Crippen LogP contribution >= 0.6 is 0 Å². The fraction of sp³-hybridized carbons (Fsp3) is 0.364. The molecule has 0 spiro atoms. The molecule has 0 aliphatic heterocycles. The molecule has 1 aromatic rings. The van der Waals surface area contributed by atoms with Crippen molar-refractivity contribution in [3.05, 3.63) is 30.7 Å². The molecule has 0 atom stereocenters. The number of ether oxygens (including phenoxy) is 1. The summed E-state index contributed by atoms with van der Waals surface area (Å²) in [6.45, 7) is 5.32. The molecule has 6 nitrogen and oxygen atoms in total. The number of hydrogen-bond acceptors (Lipinski definition) is 5. The Morgan fingerprint density at radius 2 is 2.41 bits per heavy atom. The van der Waals surface area contributed by atoms with Crippen molar-refractivity contribution in [3.63, 3.8) is 0 Å². The summed E-state index contributed by atoms with van der Waals surface area (Å²) in [4.78, 5) is 20.5. The zero-order chi connectivity index (χ0) is 12.7. The van der Waals surface area contributed by atoms with E-state index in [9.17, 15) is 4.79 Å². The number of carbonyl (C=O) groups is 1. The van der Waals surface area contributed by atoms with E-state index in [-0.39, 0.29) is 5.69 Å². The van der Waals surface area contributed by atoms with E-state index in [0.29, 0.717) is 25.5 Å². The van der Waals surface area contributed by atoms with Crippen LogP contribution < -0.4 is 4.90 Å². The Labute approximate surface area is 99.6 Å². The second-order valence-corrected chi connectivity index (χ2v) is 3.30. The molecule has 0 unspecified atom stereocenters. The molecule has 92 valence electrons. The number of aromatic nitrogens is 2. The zero-order valence-corrected chi connectivity index (χ0v) is 9.67. The van der Waals surface area contributed by atoms with Crippen LogP contribution in [0.15, 0.2) is 25.0 Å². The average Bonchev–Trinajstić information content (AvgIpc) is 2.34. The van der Waals surface area contributed by atoms with Crippen molar-refractivity contribution in [1.82, 2.24) is 9.97 Å². The Hall–Kier alpha value is -1.95. The fourth-order valence-corrected chi connectivity index (χ4v) is 1.27. The van der Waals surface area contributed by atoms with Gasteiger partial charge in [-0.15, -0.1) is 6.58 Å². The van der Waals surface area contributed by atoms with Crippen LogP contribution in [0, 0.1) is 0 Å². The van der Waals surface area contributed by atoms with Gasteiger partial charge in [-0.05, 0) is 0 Å². The third kappa shape index (κ3) is 3.84. The first-order valence-corrected chi connectivity index (χ1v) is 5.09. The van der Waals surface area contributed by atoms with Crippen molar-refractivity contribution < 1.29 is 14.6 Å². The van der Waals surface area contributed by atoms with Crippen LogP contribution in [0.5, 0.6) is 0 Å². The first kappa shape index (κ1) is 13.1. The molecule has 1 aromatic heterocycles. The molecule has 0 fully saturated rings. The van der Waals surface area contributed by atoms with E-state index in [1.165, 1.54) is 12.4 Å². The van der Waals surface area contributed by atoms with Crippen LogP contribution in [-0.4, -0.2) is 47.8 Å². The van der Waals surface area contributed by atoms with Gasteiger partial charge >= 0.3 is 5.97 Å². The first-order valence-electron chi connectivity index (χ1n) is 5.09. The lowest BCUT2D eigenvalue weighted by Crippen LogP contribution is -2.28. The monoisotopic (exact) mass is 237 g/mol. The van der Waals surface area contributed by atoms with Gasteiger partial charge in [-0.2, -0.15) is 0 Å². The molecule has 1 N–H and O–H groups in total. The molecule has 0 bridgehead atoms.